The lowest BCUT2D eigenvalue weighted by atomic mass is 10.1. The van der Waals surface area contributed by atoms with E-state index in [4.69, 9.17) is 17.3 Å². The zero-order chi connectivity index (χ0) is 13.3. The molecule has 6 nitrogen and oxygen atoms in total. The van der Waals surface area contributed by atoms with Crippen LogP contribution in [-0.4, -0.2) is 15.8 Å². The Bertz CT molecular complexity index is 619. The highest BCUT2D eigenvalue weighted by Crippen LogP contribution is 2.32. The molecule has 1 aromatic carbocycles. The zero-order valence-electron chi connectivity index (χ0n) is 9.01. The van der Waals surface area contributed by atoms with Crippen molar-refractivity contribution < 1.29 is 9.72 Å². The maximum absolute atomic E-state index is 11.2. The number of hydrogen-bond donors (Lipinski definition) is 2. The molecule has 0 atom stereocenters. The minimum Gasteiger partial charge on any atom is -0.364 e. The van der Waals surface area contributed by atoms with Crippen LogP contribution in [0.25, 0.3) is 11.1 Å². The number of nitrogens with zero attached hydrogens (tertiary/aromatic N) is 1. The molecule has 0 aliphatic carbocycles. The average molecular weight is 266 g/mol. The van der Waals surface area contributed by atoms with E-state index in [1.807, 2.05) is 0 Å². The summed E-state index contributed by atoms with van der Waals surface area (Å²) in [5.74, 6) is -0.643. The Morgan fingerprint density at radius 3 is 2.44 bits per heavy atom. The van der Waals surface area contributed by atoms with Gasteiger partial charge in [0, 0.05) is 23.9 Å². The molecular formula is C11H8ClN3O3. The molecule has 18 heavy (non-hydrogen) atoms. The van der Waals surface area contributed by atoms with Crippen molar-refractivity contribution >= 4 is 23.2 Å². The number of H-pyrrole nitrogens is 1. The van der Waals surface area contributed by atoms with E-state index in [0.29, 0.717) is 16.1 Å². The van der Waals surface area contributed by atoms with Gasteiger partial charge in [0.1, 0.15) is 5.69 Å². The van der Waals surface area contributed by atoms with E-state index in [1.54, 1.807) is 0 Å². The van der Waals surface area contributed by atoms with Crippen molar-refractivity contribution in [2.75, 3.05) is 0 Å². The van der Waals surface area contributed by atoms with Gasteiger partial charge in [-0.05, 0) is 17.7 Å². The molecule has 0 fully saturated rings. The number of aromatic amines is 1. The standard InChI is InChI=1S/C11H8ClN3O3/c12-8-5-14-10(11(13)16)9(8)6-1-3-7(4-2-6)15(17)18/h1-5,14H,(H2,13,16). The van der Waals surface area contributed by atoms with Gasteiger partial charge in [-0.15, -0.1) is 0 Å². The summed E-state index contributed by atoms with van der Waals surface area (Å²) < 4.78 is 0. The van der Waals surface area contributed by atoms with Crippen LogP contribution in [0.4, 0.5) is 5.69 Å². The Kier molecular flexibility index (Phi) is 3.03. The largest absolute Gasteiger partial charge is 0.364 e. The van der Waals surface area contributed by atoms with Crippen molar-refractivity contribution in [3.63, 3.8) is 0 Å². The number of aromatic nitrogens is 1. The van der Waals surface area contributed by atoms with Gasteiger partial charge in [0.05, 0.1) is 9.95 Å². The van der Waals surface area contributed by atoms with Crippen LogP contribution in [-0.2, 0) is 0 Å². The molecule has 0 aliphatic rings. The van der Waals surface area contributed by atoms with Crippen LogP contribution in [0.5, 0.6) is 0 Å². The summed E-state index contributed by atoms with van der Waals surface area (Å²) in [4.78, 5) is 23.9. The second-order valence-corrected chi connectivity index (χ2v) is 3.96. The monoisotopic (exact) mass is 265 g/mol. The molecule has 0 radical (unpaired) electrons. The summed E-state index contributed by atoms with van der Waals surface area (Å²) in [5, 5.41) is 10.9. The molecule has 0 saturated carbocycles. The van der Waals surface area contributed by atoms with E-state index in [-0.39, 0.29) is 11.4 Å². The zero-order valence-corrected chi connectivity index (χ0v) is 9.77. The first-order chi connectivity index (χ1) is 8.50. The minimum absolute atomic E-state index is 0.0361. The Balaban J connectivity index is 2.52. The number of nitro benzene ring substituents is 1. The van der Waals surface area contributed by atoms with E-state index in [2.05, 4.69) is 4.98 Å². The number of carbonyl (C=O) groups excluding carboxylic acids is 1. The van der Waals surface area contributed by atoms with Crippen molar-refractivity contribution in [3.05, 3.63) is 51.3 Å². The fourth-order valence-corrected chi connectivity index (χ4v) is 1.88. The summed E-state index contributed by atoms with van der Waals surface area (Å²) in [6, 6.07) is 5.70. The molecule has 3 N–H and O–H groups in total. The molecule has 0 saturated heterocycles. The number of halogens is 1. The molecule has 1 heterocycles. The molecule has 2 rings (SSSR count). The third kappa shape index (κ3) is 2.05. The topological polar surface area (TPSA) is 102 Å². The lowest BCUT2D eigenvalue weighted by Crippen LogP contribution is -2.12. The van der Waals surface area contributed by atoms with E-state index in [9.17, 15) is 14.9 Å². The van der Waals surface area contributed by atoms with Crippen LogP contribution < -0.4 is 5.73 Å². The van der Waals surface area contributed by atoms with Crippen LogP contribution in [0, 0.1) is 10.1 Å². The van der Waals surface area contributed by atoms with Crippen molar-refractivity contribution in [3.8, 4) is 11.1 Å². The molecule has 0 spiro atoms. The second-order valence-electron chi connectivity index (χ2n) is 3.55. The van der Waals surface area contributed by atoms with Crippen molar-refractivity contribution in [2.24, 2.45) is 5.73 Å². The van der Waals surface area contributed by atoms with E-state index in [1.165, 1.54) is 30.5 Å². The first-order valence-electron chi connectivity index (χ1n) is 4.92. The molecule has 92 valence electrons. The van der Waals surface area contributed by atoms with Crippen LogP contribution in [0.15, 0.2) is 30.5 Å². The number of amides is 1. The summed E-state index contributed by atoms with van der Waals surface area (Å²) >= 11 is 5.95. The second kappa shape index (κ2) is 4.50. The van der Waals surface area contributed by atoms with Crippen LogP contribution in [0.3, 0.4) is 0 Å². The lowest BCUT2D eigenvalue weighted by Gasteiger charge is -2.02. The highest BCUT2D eigenvalue weighted by atomic mass is 35.5. The van der Waals surface area contributed by atoms with Gasteiger partial charge in [-0.3, -0.25) is 14.9 Å². The first-order valence-corrected chi connectivity index (χ1v) is 5.30. The summed E-state index contributed by atoms with van der Waals surface area (Å²) in [7, 11) is 0. The highest BCUT2D eigenvalue weighted by Gasteiger charge is 2.16. The Morgan fingerprint density at radius 1 is 1.33 bits per heavy atom. The Hall–Kier alpha value is -2.34. The number of non-ortho nitro benzene ring substituents is 1. The fourth-order valence-electron chi connectivity index (χ4n) is 1.63. The van der Waals surface area contributed by atoms with Crippen molar-refractivity contribution in [2.45, 2.75) is 0 Å². The van der Waals surface area contributed by atoms with Gasteiger partial charge in [-0.1, -0.05) is 11.6 Å². The molecule has 1 amide bonds. The SMILES string of the molecule is NC(=O)c1[nH]cc(Cl)c1-c1ccc([N+](=O)[O-])cc1. The molecule has 1 aromatic heterocycles. The Morgan fingerprint density at radius 2 is 1.94 bits per heavy atom. The number of rotatable bonds is 3. The molecular weight excluding hydrogens is 258 g/mol. The smallest absolute Gasteiger partial charge is 0.269 e. The summed E-state index contributed by atoms with van der Waals surface area (Å²) in [5.41, 5.74) is 6.37. The minimum atomic E-state index is -0.643. The number of benzene rings is 1. The summed E-state index contributed by atoms with van der Waals surface area (Å²) in [6.45, 7) is 0. The lowest BCUT2D eigenvalue weighted by molar-refractivity contribution is -0.384. The summed E-state index contributed by atoms with van der Waals surface area (Å²) in [6.07, 6.45) is 1.44. The number of nitro groups is 1. The van der Waals surface area contributed by atoms with Crippen LogP contribution in [0.2, 0.25) is 5.02 Å². The number of nitrogens with two attached hydrogens (primary N) is 1. The normalized spacial score (nSPS) is 10.3. The van der Waals surface area contributed by atoms with Gasteiger partial charge in [-0.2, -0.15) is 0 Å². The third-order valence-corrected chi connectivity index (χ3v) is 2.74. The maximum Gasteiger partial charge on any atom is 0.269 e. The number of nitrogens with one attached hydrogen (secondary N) is 1. The number of primary amides is 1. The van der Waals surface area contributed by atoms with Crippen LogP contribution in [0.1, 0.15) is 10.5 Å². The Labute approximate surface area is 107 Å². The molecule has 0 unspecified atom stereocenters. The van der Waals surface area contributed by atoms with E-state index < -0.39 is 10.8 Å². The average Bonchev–Trinajstić information content (AvgIpc) is 2.71. The third-order valence-electron chi connectivity index (χ3n) is 2.45. The predicted molar refractivity (Wildman–Crippen MR) is 66.4 cm³/mol. The van der Waals surface area contributed by atoms with Gasteiger partial charge < -0.3 is 10.7 Å². The van der Waals surface area contributed by atoms with Gasteiger partial charge in [-0.25, -0.2) is 0 Å². The van der Waals surface area contributed by atoms with Gasteiger partial charge in [0.2, 0.25) is 0 Å². The first kappa shape index (κ1) is 12.1. The molecule has 0 bridgehead atoms. The van der Waals surface area contributed by atoms with Crippen molar-refractivity contribution in [1.82, 2.24) is 4.98 Å². The predicted octanol–water partition coefficient (Wildman–Crippen LogP) is 2.34. The van der Waals surface area contributed by atoms with E-state index >= 15 is 0 Å². The fraction of sp³-hybridized carbons (Fsp3) is 0. The number of hydrogen-bond acceptors (Lipinski definition) is 3. The van der Waals surface area contributed by atoms with Gasteiger partial charge in [0.15, 0.2) is 0 Å². The van der Waals surface area contributed by atoms with Crippen molar-refractivity contribution in [1.29, 1.82) is 0 Å². The van der Waals surface area contributed by atoms with Gasteiger partial charge >= 0.3 is 0 Å². The maximum atomic E-state index is 11.2. The molecule has 2 aromatic rings. The van der Waals surface area contributed by atoms with Crippen LogP contribution >= 0.6 is 11.6 Å². The van der Waals surface area contributed by atoms with Gasteiger partial charge in [0.25, 0.3) is 11.6 Å². The van der Waals surface area contributed by atoms with E-state index in [0.717, 1.165) is 0 Å². The molecule has 0 aliphatic heterocycles. The highest BCUT2D eigenvalue weighted by molar-refractivity contribution is 6.34. The number of carbonyl (C=O) groups is 1. The quantitative estimate of drug-likeness (QED) is 0.657. The molecule has 7 heteroatoms.